The monoisotopic (exact) mass is 281 g/mol. The summed E-state index contributed by atoms with van der Waals surface area (Å²) in [4.78, 5) is 16.5. The van der Waals surface area contributed by atoms with Gasteiger partial charge in [0, 0.05) is 24.3 Å². The van der Waals surface area contributed by atoms with Gasteiger partial charge in [-0.1, -0.05) is 0 Å². The maximum atomic E-state index is 12.0. The van der Waals surface area contributed by atoms with E-state index in [9.17, 15) is 4.79 Å². The summed E-state index contributed by atoms with van der Waals surface area (Å²) in [5, 5.41) is 12.1. The van der Waals surface area contributed by atoms with Crippen molar-refractivity contribution < 1.29 is 14.6 Å². The summed E-state index contributed by atoms with van der Waals surface area (Å²) in [5.41, 5.74) is 6.43. The molecule has 0 saturated carbocycles. The first kappa shape index (κ1) is 13.7. The van der Waals surface area contributed by atoms with E-state index in [0.29, 0.717) is 23.7 Å². The van der Waals surface area contributed by atoms with E-state index in [2.05, 4.69) is 10.3 Å². The van der Waals surface area contributed by atoms with E-state index in [4.69, 9.17) is 15.6 Å². The van der Waals surface area contributed by atoms with Crippen LogP contribution in [0.3, 0.4) is 0 Å². The molecule has 0 aliphatic heterocycles. The molecule has 0 fully saturated rings. The zero-order chi connectivity index (χ0) is 13.7. The van der Waals surface area contributed by atoms with Crippen LogP contribution < -0.4 is 11.1 Å². The molecule has 2 rings (SSSR count). The molecule has 2 aromatic rings. The summed E-state index contributed by atoms with van der Waals surface area (Å²) in [6, 6.07) is 1.79. The van der Waals surface area contributed by atoms with Gasteiger partial charge in [-0.25, -0.2) is 0 Å². The topological polar surface area (TPSA) is 97.5 Å². The Bertz CT molecular complexity index is 570. The van der Waals surface area contributed by atoms with Gasteiger partial charge in [-0.2, -0.15) is 0 Å². The number of amides is 1. The first-order valence-electron chi connectivity index (χ1n) is 5.83. The van der Waals surface area contributed by atoms with E-state index in [1.807, 2.05) is 0 Å². The molecule has 2 heterocycles. The number of rotatable bonds is 6. The summed E-state index contributed by atoms with van der Waals surface area (Å²) < 4.78 is 5.95. The van der Waals surface area contributed by atoms with Crippen LogP contribution in [0.1, 0.15) is 9.67 Å². The largest absolute Gasteiger partial charge is 0.397 e. The lowest BCUT2D eigenvalue weighted by Crippen LogP contribution is -2.27. The molecule has 0 atom stereocenters. The molecule has 0 saturated heterocycles. The lowest BCUT2D eigenvalue weighted by atomic mass is 10.2. The number of nitrogens with two attached hydrogens (primary N) is 1. The van der Waals surface area contributed by atoms with Crippen LogP contribution in [0.15, 0.2) is 18.5 Å². The molecule has 0 unspecified atom stereocenters. The fraction of sp³-hybridized carbons (Fsp3) is 0.333. The van der Waals surface area contributed by atoms with Gasteiger partial charge in [0.25, 0.3) is 5.91 Å². The summed E-state index contributed by atoms with van der Waals surface area (Å²) >= 11 is 1.32. The highest BCUT2D eigenvalue weighted by atomic mass is 32.1. The maximum absolute atomic E-state index is 12.0. The minimum absolute atomic E-state index is 0.0236. The van der Waals surface area contributed by atoms with Crippen molar-refractivity contribution in [2.24, 2.45) is 0 Å². The number of aliphatic hydroxyl groups is 1. The number of carbonyl (C=O) groups is 1. The second kappa shape index (κ2) is 6.46. The van der Waals surface area contributed by atoms with Crippen LogP contribution in [0, 0.1) is 0 Å². The van der Waals surface area contributed by atoms with Crippen LogP contribution >= 0.6 is 11.3 Å². The number of hydrogen-bond donors (Lipinski definition) is 3. The molecule has 0 bridgehead atoms. The number of aliphatic hydroxyl groups excluding tert-OH is 1. The van der Waals surface area contributed by atoms with Crippen LogP contribution in [0.5, 0.6) is 0 Å². The van der Waals surface area contributed by atoms with E-state index < -0.39 is 0 Å². The van der Waals surface area contributed by atoms with E-state index in [-0.39, 0.29) is 19.1 Å². The number of nitrogens with zero attached hydrogens (tertiary/aromatic N) is 1. The number of aromatic nitrogens is 1. The van der Waals surface area contributed by atoms with E-state index in [0.717, 1.165) is 10.1 Å². The smallest absolute Gasteiger partial charge is 0.263 e. The lowest BCUT2D eigenvalue weighted by molar-refractivity contribution is 0.0841. The molecule has 0 aliphatic carbocycles. The minimum Gasteiger partial charge on any atom is -0.397 e. The summed E-state index contributed by atoms with van der Waals surface area (Å²) in [5.74, 6) is -0.216. The number of fused-ring (bicyclic) bond motifs is 1. The fourth-order valence-corrected chi connectivity index (χ4v) is 2.63. The summed E-state index contributed by atoms with van der Waals surface area (Å²) in [6.07, 6.45) is 3.34. The SMILES string of the molecule is Nc1c(C(=O)NCCOCCO)sc2cnccc12. The van der Waals surface area contributed by atoms with Gasteiger partial charge in [-0.3, -0.25) is 9.78 Å². The Morgan fingerprint density at radius 2 is 2.37 bits per heavy atom. The van der Waals surface area contributed by atoms with E-state index >= 15 is 0 Å². The molecular formula is C12H15N3O3S. The number of pyridine rings is 1. The highest BCUT2D eigenvalue weighted by Gasteiger charge is 2.15. The van der Waals surface area contributed by atoms with Gasteiger partial charge in [-0.05, 0) is 6.07 Å². The molecule has 2 aromatic heterocycles. The standard InChI is InChI=1S/C12H15N3O3S/c13-10-8-1-2-14-7-9(8)19-11(10)12(17)15-3-5-18-6-4-16/h1-2,7,16H,3-6,13H2,(H,15,17). The molecule has 4 N–H and O–H groups in total. The highest BCUT2D eigenvalue weighted by molar-refractivity contribution is 7.21. The maximum Gasteiger partial charge on any atom is 0.263 e. The normalized spacial score (nSPS) is 10.8. The van der Waals surface area contributed by atoms with Crippen LogP contribution in [0.2, 0.25) is 0 Å². The second-order valence-electron chi connectivity index (χ2n) is 3.81. The van der Waals surface area contributed by atoms with Gasteiger partial charge < -0.3 is 20.9 Å². The molecule has 0 radical (unpaired) electrons. The predicted molar refractivity (Wildman–Crippen MR) is 74.3 cm³/mol. The van der Waals surface area contributed by atoms with Crippen molar-refractivity contribution in [1.82, 2.24) is 10.3 Å². The number of nitrogen functional groups attached to an aromatic ring is 1. The molecule has 0 aromatic carbocycles. The van der Waals surface area contributed by atoms with Gasteiger partial charge in [-0.15, -0.1) is 11.3 Å². The molecule has 0 spiro atoms. The molecule has 7 heteroatoms. The van der Waals surface area contributed by atoms with Crippen molar-refractivity contribution in [3.63, 3.8) is 0 Å². The number of ether oxygens (including phenoxy) is 1. The fourth-order valence-electron chi connectivity index (χ4n) is 1.62. The third-order valence-electron chi connectivity index (χ3n) is 2.51. The van der Waals surface area contributed by atoms with E-state index in [1.54, 1.807) is 18.5 Å². The van der Waals surface area contributed by atoms with Crippen molar-refractivity contribution in [2.45, 2.75) is 0 Å². The highest BCUT2D eigenvalue weighted by Crippen LogP contribution is 2.32. The average molecular weight is 281 g/mol. The Labute approximate surface area is 114 Å². The lowest BCUT2D eigenvalue weighted by Gasteiger charge is -2.04. The molecule has 102 valence electrons. The Kier molecular flexibility index (Phi) is 4.67. The van der Waals surface area contributed by atoms with Crippen LogP contribution in [0.4, 0.5) is 5.69 Å². The number of hydrogen-bond acceptors (Lipinski definition) is 6. The number of thiophene rings is 1. The number of carbonyl (C=O) groups excluding carboxylic acids is 1. The molecular weight excluding hydrogens is 266 g/mol. The van der Waals surface area contributed by atoms with Gasteiger partial charge in [0.1, 0.15) is 4.88 Å². The molecule has 0 aliphatic rings. The Morgan fingerprint density at radius 3 is 3.11 bits per heavy atom. The molecule has 19 heavy (non-hydrogen) atoms. The predicted octanol–water partition coefficient (Wildman–Crippen LogP) is 0.617. The third kappa shape index (κ3) is 3.19. The summed E-state index contributed by atoms with van der Waals surface area (Å²) in [7, 11) is 0. The Morgan fingerprint density at radius 1 is 1.53 bits per heavy atom. The summed E-state index contributed by atoms with van der Waals surface area (Å²) in [6.45, 7) is 0.986. The van der Waals surface area contributed by atoms with Gasteiger partial charge in [0.15, 0.2) is 0 Å². The van der Waals surface area contributed by atoms with Crippen molar-refractivity contribution in [2.75, 3.05) is 32.1 Å². The first-order valence-corrected chi connectivity index (χ1v) is 6.64. The quantitative estimate of drug-likeness (QED) is 0.674. The van der Waals surface area contributed by atoms with Gasteiger partial charge in [0.05, 0.1) is 30.2 Å². The first-order chi connectivity index (χ1) is 9.24. The van der Waals surface area contributed by atoms with Gasteiger partial charge in [0.2, 0.25) is 0 Å². The van der Waals surface area contributed by atoms with Crippen LogP contribution in [-0.4, -0.2) is 42.4 Å². The average Bonchev–Trinajstić information content (AvgIpc) is 2.76. The Balaban J connectivity index is 1.99. The van der Waals surface area contributed by atoms with Crippen molar-refractivity contribution in [3.8, 4) is 0 Å². The minimum atomic E-state index is -0.216. The van der Waals surface area contributed by atoms with Crippen LogP contribution in [0.25, 0.3) is 10.1 Å². The van der Waals surface area contributed by atoms with Crippen LogP contribution in [-0.2, 0) is 4.74 Å². The number of anilines is 1. The Hall–Kier alpha value is -1.70. The zero-order valence-corrected chi connectivity index (χ0v) is 11.1. The molecule has 6 nitrogen and oxygen atoms in total. The van der Waals surface area contributed by atoms with Crippen molar-refractivity contribution in [1.29, 1.82) is 0 Å². The second-order valence-corrected chi connectivity index (χ2v) is 4.86. The third-order valence-corrected chi connectivity index (χ3v) is 3.66. The number of nitrogens with one attached hydrogen (secondary N) is 1. The van der Waals surface area contributed by atoms with Crippen molar-refractivity contribution in [3.05, 3.63) is 23.3 Å². The van der Waals surface area contributed by atoms with Crippen molar-refractivity contribution >= 4 is 33.0 Å². The van der Waals surface area contributed by atoms with Gasteiger partial charge >= 0.3 is 0 Å². The van der Waals surface area contributed by atoms with E-state index in [1.165, 1.54) is 11.3 Å². The molecule has 1 amide bonds. The zero-order valence-electron chi connectivity index (χ0n) is 10.3.